The summed E-state index contributed by atoms with van der Waals surface area (Å²) in [4.78, 5) is 0.369. The molecule has 106 valence electrons. The number of aromatic nitrogens is 2. The van der Waals surface area contributed by atoms with E-state index in [4.69, 9.17) is 0 Å². The minimum absolute atomic E-state index is 0.369. The van der Waals surface area contributed by atoms with Crippen molar-refractivity contribution in [1.29, 1.82) is 0 Å². The summed E-state index contributed by atoms with van der Waals surface area (Å²) in [5, 5.41) is 4.25. The van der Waals surface area contributed by atoms with Crippen LogP contribution in [-0.4, -0.2) is 17.6 Å². The van der Waals surface area contributed by atoms with Crippen LogP contribution in [0.25, 0.3) is 0 Å². The lowest BCUT2D eigenvalue weighted by atomic mass is 10.1. The summed E-state index contributed by atoms with van der Waals surface area (Å²) in [6.45, 7) is 5.63. The van der Waals surface area contributed by atoms with Crippen LogP contribution in [0.1, 0.15) is 41.1 Å². The summed E-state index contributed by atoms with van der Waals surface area (Å²) >= 11 is 0. The van der Waals surface area contributed by atoms with Crippen LogP contribution < -0.4 is 0 Å². The molecule has 4 nitrogen and oxygen atoms in total. The maximum atomic E-state index is 12.7. The zero-order chi connectivity index (χ0) is 14.5. The standard InChI is InChI=1S/C15H18N2O2S/c1-10-8-11(2)15(12(3)9-10)20(18,19)17-7-6-14(16-17)13-4-5-13/h6-9,13H,4-5H2,1-3H3. The second kappa shape index (κ2) is 4.45. The Hall–Kier alpha value is -1.62. The average molecular weight is 290 g/mol. The van der Waals surface area contributed by atoms with Gasteiger partial charge in [0.2, 0.25) is 0 Å². The molecule has 0 unspecified atom stereocenters. The third-order valence-corrected chi connectivity index (χ3v) is 5.55. The Balaban J connectivity index is 2.11. The van der Waals surface area contributed by atoms with Crippen LogP contribution in [0.15, 0.2) is 29.3 Å². The monoisotopic (exact) mass is 290 g/mol. The molecular weight excluding hydrogens is 272 g/mol. The quantitative estimate of drug-likeness (QED) is 0.873. The predicted molar refractivity (Wildman–Crippen MR) is 77.4 cm³/mol. The molecule has 5 heteroatoms. The number of aryl methyl sites for hydroxylation is 3. The highest BCUT2D eigenvalue weighted by Gasteiger charge is 2.29. The van der Waals surface area contributed by atoms with E-state index < -0.39 is 10.0 Å². The summed E-state index contributed by atoms with van der Waals surface area (Å²) in [6.07, 6.45) is 3.78. The molecule has 1 fully saturated rings. The maximum absolute atomic E-state index is 12.7. The fraction of sp³-hybridized carbons (Fsp3) is 0.400. The van der Waals surface area contributed by atoms with E-state index in [1.54, 1.807) is 6.20 Å². The Morgan fingerprint density at radius 1 is 1.15 bits per heavy atom. The Morgan fingerprint density at radius 3 is 2.30 bits per heavy atom. The average Bonchev–Trinajstić information content (AvgIpc) is 3.04. The molecule has 0 N–H and O–H groups in total. The van der Waals surface area contributed by atoms with E-state index in [1.165, 1.54) is 0 Å². The third kappa shape index (κ3) is 2.16. The predicted octanol–water partition coefficient (Wildman–Crippen LogP) is 2.92. The molecule has 0 radical (unpaired) electrons. The van der Waals surface area contributed by atoms with Crippen molar-refractivity contribution in [2.24, 2.45) is 0 Å². The summed E-state index contributed by atoms with van der Waals surface area (Å²) in [6, 6.07) is 5.60. The first kappa shape index (κ1) is 13.4. The van der Waals surface area contributed by atoms with Crippen molar-refractivity contribution in [2.75, 3.05) is 0 Å². The van der Waals surface area contributed by atoms with Crippen LogP contribution >= 0.6 is 0 Å². The molecule has 1 aliphatic rings. The van der Waals surface area contributed by atoms with Gasteiger partial charge in [-0.05, 0) is 50.8 Å². The van der Waals surface area contributed by atoms with E-state index in [0.717, 1.165) is 39.3 Å². The molecule has 1 aliphatic carbocycles. The first-order chi connectivity index (χ1) is 9.39. The van der Waals surface area contributed by atoms with Gasteiger partial charge in [0.25, 0.3) is 10.0 Å². The molecule has 0 atom stereocenters. The van der Waals surface area contributed by atoms with E-state index in [-0.39, 0.29) is 0 Å². The second-order valence-corrected chi connectivity index (χ2v) is 7.35. The Bertz CT molecular complexity index is 748. The normalized spacial score (nSPS) is 15.6. The molecule has 0 saturated heterocycles. The van der Waals surface area contributed by atoms with Gasteiger partial charge in [0.15, 0.2) is 0 Å². The Kier molecular flexibility index (Phi) is 2.97. The van der Waals surface area contributed by atoms with Gasteiger partial charge in [-0.1, -0.05) is 17.7 Å². The van der Waals surface area contributed by atoms with Crippen molar-refractivity contribution >= 4 is 10.0 Å². The first-order valence-corrected chi connectivity index (χ1v) is 8.22. The summed E-state index contributed by atoms with van der Waals surface area (Å²) < 4.78 is 26.6. The molecule has 3 rings (SSSR count). The topological polar surface area (TPSA) is 52.0 Å². The van der Waals surface area contributed by atoms with E-state index in [2.05, 4.69) is 5.10 Å². The zero-order valence-corrected chi connectivity index (χ0v) is 12.7. The van der Waals surface area contributed by atoms with Gasteiger partial charge in [-0.25, -0.2) is 0 Å². The lowest BCUT2D eigenvalue weighted by molar-refractivity contribution is 0.578. The van der Waals surface area contributed by atoms with Gasteiger partial charge in [0.05, 0.1) is 10.6 Å². The van der Waals surface area contributed by atoms with Gasteiger partial charge in [-0.2, -0.15) is 17.6 Å². The SMILES string of the molecule is Cc1cc(C)c(S(=O)(=O)n2ccc(C3CC3)n2)c(C)c1. The summed E-state index contributed by atoms with van der Waals surface area (Å²) in [7, 11) is -3.60. The number of hydrogen-bond acceptors (Lipinski definition) is 3. The van der Waals surface area contributed by atoms with Crippen molar-refractivity contribution in [2.45, 2.75) is 44.4 Å². The second-order valence-electron chi connectivity index (χ2n) is 5.62. The van der Waals surface area contributed by atoms with Gasteiger partial charge >= 0.3 is 0 Å². The van der Waals surface area contributed by atoms with Crippen LogP contribution in [0.5, 0.6) is 0 Å². The molecule has 1 heterocycles. The summed E-state index contributed by atoms with van der Waals surface area (Å²) in [5.74, 6) is 0.451. The van der Waals surface area contributed by atoms with Gasteiger partial charge in [-0.3, -0.25) is 0 Å². The van der Waals surface area contributed by atoms with E-state index in [9.17, 15) is 8.42 Å². The van der Waals surface area contributed by atoms with Gasteiger partial charge in [0, 0.05) is 12.1 Å². The molecule has 1 saturated carbocycles. The minimum Gasteiger partial charge on any atom is -0.199 e. The summed E-state index contributed by atoms with van der Waals surface area (Å²) in [5.41, 5.74) is 3.49. The van der Waals surface area contributed by atoms with Gasteiger partial charge in [-0.15, -0.1) is 0 Å². The highest BCUT2D eigenvalue weighted by atomic mass is 32.2. The van der Waals surface area contributed by atoms with Gasteiger partial charge in [0.1, 0.15) is 0 Å². The minimum atomic E-state index is -3.60. The smallest absolute Gasteiger partial charge is 0.199 e. The largest absolute Gasteiger partial charge is 0.283 e. The van der Waals surface area contributed by atoms with Crippen molar-refractivity contribution in [3.8, 4) is 0 Å². The zero-order valence-electron chi connectivity index (χ0n) is 11.9. The molecule has 0 spiro atoms. The first-order valence-electron chi connectivity index (χ1n) is 6.78. The molecule has 1 aromatic heterocycles. The van der Waals surface area contributed by atoms with Crippen molar-refractivity contribution in [1.82, 2.24) is 9.19 Å². The number of nitrogens with zero attached hydrogens (tertiary/aromatic N) is 2. The Labute approximate surface area is 119 Å². The van der Waals surface area contributed by atoms with Crippen molar-refractivity contribution in [3.63, 3.8) is 0 Å². The van der Waals surface area contributed by atoms with E-state index in [1.807, 2.05) is 39.0 Å². The fourth-order valence-corrected chi connectivity index (χ4v) is 4.26. The van der Waals surface area contributed by atoms with E-state index >= 15 is 0 Å². The molecule has 0 aliphatic heterocycles. The van der Waals surface area contributed by atoms with Crippen LogP contribution in [0.2, 0.25) is 0 Å². The molecule has 0 bridgehead atoms. The number of hydrogen-bond donors (Lipinski definition) is 0. The molecule has 2 aromatic rings. The third-order valence-electron chi connectivity index (χ3n) is 3.69. The van der Waals surface area contributed by atoms with Crippen molar-refractivity contribution in [3.05, 3.63) is 46.8 Å². The fourth-order valence-electron chi connectivity index (χ4n) is 2.72. The van der Waals surface area contributed by atoms with Gasteiger partial charge < -0.3 is 0 Å². The molecule has 0 amide bonds. The Morgan fingerprint density at radius 2 is 1.75 bits per heavy atom. The van der Waals surface area contributed by atoms with E-state index in [0.29, 0.717) is 10.8 Å². The van der Waals surface area contributed by atoms with Crippen LogP contribution in [0.4, 0.5) is 0 Å². The lowest BCUT2D eigenvalue weighted by Gasteiger charge is -2.12. The lowest BCUT2D eigenvalue weighted by Crippen LogP contribution is -2.16. The number of rotatable bonds is 3. The molecule has 20 heavy (non-hydrogen) atoms. The molecule has 1 aromatic carbocycles. The van der Waals surface area contributed by atoms with Crippen LogP contribution in [0.3, 0.4) is 0 Å². The van der Waals surface area contributed by atoms with Crippen LogP contribution in [0, 0.1) is 20.8 Å². The maximum Gasteiger partial charge on any atom is 0.283 e. The highest BCUT2D eigenvalue weighted by molar-refractivity contribution is 7.90. The number of benzene rings is 1. The van der Waals surface area contributed by atoms with Crippen LogP contribution in [-0.2, 0) is 10.0 Å². The highest BCUT2D eigenvalue weighted by Crippen LogP contribution is 2.39. The van der Waals surface area contributed by atoms with Crippen molar-refractivity contribution < 1.29 is 8.42 Å². The molecular formula is C15H18N2O2S.